The fourth-order valence-electron chi connectivity index (χ4n) is 2.54. The zero-order valence-electron chi connectivity index (χ0n) is 15.3. The van der Waals surface area contributed by atoms with Gasteiger partial charge in [0.25, 0.3) is 0 Å². The van der Waals surface area contributed by atoms with E-state index in [1.807, 2.05) is 26.8 Å². The van der Waals surface area contributed by atoms with E-state index in [-0.39, 0.29) is 0 Å². The monoisotopic (exact) mass is 324 g/mol. The summed E-state index contributed by atoms with van der Waals surface area (Å²) in [6.07, 6.45) is 4.62. The molecule has 23 heavy (non-hydrogen) atoms. The topological polar surface area (TPSA) is 36.9 Å². The molecule has 0 radical (unpaired) electrons. The summed E-state index contributed by atoms with van der Waals surface area (Å²) in [6, 6.07) is 4.03. The number of hydrogen-bond acceptors (Lipinski definition) is 4. The molecule has 4 heteroatoms. The SMILES string of the molecule is CCCCC(C)Cc1ccc(OCC)c(OCC)c1OOCC. The Labute approximate surface area is 141 Å². The highest BCUT2D eigenvalue weighted by Crippen LogP contribution is 2.41. The fraction of sp³-hybridized carbons (Fsp3) is 0.684. The van der Waals surface area contributed by atoms with Gasteiger partial charge in [-0.15, -0.1) is 0 Å². The Morgan fingerprint density at radius 1 is 0.913 bits per heavy atom. The molecule has 0 saturated carbocycles. The molecule has 0 heterocycles. The highest BCUT2D eigenvalue weighted by atomic mass is 17.2. The molecule has 0 bridgehead atoms. The second kappa shape index (κ2) is 11.2. The minimum Gasteiger partial charge on any atom is -0.490 e. The molecule has 132 valence electrons. The van der Waals surface area contributed by atoms with Gasteiger partial charge in [0, 0.05) is 5.56 Å². The van der Waals surface area contributed by atoms with Crippen molar-refractivity contribution in [3.8, 4) is 17.2 Å². The number of rotatable bonds is 12. The van der Waals surface area contributed by atoms with Gasteiger partial charge in [0.1, 0.15) is 0 Å². The Kier molecular flexibility index (Phi) is 9.53. The van der Waals surface area contributed by atoms with Crippen molar-refractivity contribution in [1.29, 1.82) is 0 Å². The van der Waals surface area contributed by atoms with Crippen molar-refractivity contribution in [3.63, 3.8) is 0 Å². The van der Waals surface area contributed by atoms with Crippen molar-refractivity contribution in [1.82, 2.24) is 0 Å². The smallest absolute Gasteiger partial charge is 0.214 e. The maximum Gasteiger partial charge on any atom is 0.214 e. The minimum atomic E-state index is 0.481. The van der Waals surface area contributed by atoms with Gasteiger partial charge in [0.2, 0.25) is 11.5 Å². The van der Waals surface area contributed by atoms with Gasteiger partial charge in [-0.25, -0.2) is 0 Å². The highest BCUT2D eigenvalue weighted by molar-refractivity contribution is 5.55. The molecule has 1 unspecified atom stereocenters. The molecular weight excluding hydrogens is 292 g/mol. The zero-order chi connectivity index (χ0) is 17.1. The van der Waals surface area contributed by atoms with Crippen LogP contribution in [0.5, 0.6) is 17.2 Å². The van der Waals surface area contributed by atoms with E-state index in [1.165, 1.54) is 19.3 Å². The van der Waals surface area contributed by atoms with Crippen molar-refractivity contribution in [2.75, 3.05) is 19.8 Å². The van der Waals surface area contributed by atoms with Gasteiger partial charge in [0.05, 0.1) is 19.8 Å². The summed E-state index contributed by atoms with van der Waals surface area (Å²) in [7, 11) is 0. The van der Waals surface area contributed by atoms with Crippen LogP contribution in [0.2, 0.25) is 0 Å². The van der Waals surface area contributed by atoms with E-state index in [0.29, 0.717) is 43.0 Å². The molecule has 0 N–H and O–H groups in total. The summed E-state index contributed by atoms with van der Waals surface area (Å²) >= 11 is 0. The summed E-state index contributed by atoms with van der Waals surface area (Å²) in [4.78, 5) is 10.8. The van der Waals surface area contributed by atoms with Crippen LogP contribution in [0, 0.1) is 5.92 Å². The maximum absolute atomic E-state index is 5.79. The lowest BCUT2D eigenvalue weighted by molar-refractivity contribution is -0.203. The molecule has 1 rings (SSSR count). The minimum absolute atomic E-state index is 0.481. The summed E-state index contributed by atoms with van der Waals surface area (Å²) in [6.45, 7) is 11.9. The van der Waals surface area contributed by atoms with Crippen LogP contribution in [0.1, 0.15) is 59.4 Å². The van der Waals surface area contributed by atoms with Crippen LogP contribution in [0.15, 0.2) is 12.1 Å². The van der Waals surface area contributed by atoms with Crippen LogP contribution < -0.4 is 14.4 Å². The van der Waals surface area contributed by atoms with Crippen molar-refractivity contribution in [2.45, 2.75) is 60.3 Å². The lowest BCUT2D eigenvalue weighted by Gasteiger charge is -2.19. The Bertz CT molecular complexity index is 445. The van der Waals surface area contributed by atoms with Crippen molar-refractivity contribution in [3.05, 3.63) is 17.7 Å². The first-order valence-electron chi connectivity index (χ1n) is 8.88. The van der Waals surface area contributed by atoms with Crippen LogP contribution in [0.4, 0.5) is 0 Å². The average molecular weight is 324 g/mol. The third-order valence-electron chi connectivity index (χ3n) is 3.63. The van der Waals surface area contributed by atoms with Gasteiger partial charge in [0.15, 0.2) is 5.75 Å². The molecule has 0 spiro atoms. The Morgan fingerprint density at radius 2 is 1.65 bits per heavy atom. The predicted molar refractivity (Wildman–Crippen MR) is 93.4 cm³/mol. The average Bonchev–Trinajstić information content (AvgIpc) is 2.55. The van der Waals surface area contributed by atoms with Crippen LogP contribution in [-0.4, -0.2) is 19.8 Å². The van der Waals surface area contributed by atoms with E-state index in [2.05, 4.69) is 19.9 Å². The highest BCUT2D eigenvalue weighted by Gasteiger charge is 2.20. The van der Waals surface area contributed by atoms with E-state index in [0.717, 1.165) is 12.0 Å². The number of ether oxygens (including phenoxy) is 2. The molecule has 1 aromatic carbocycles. The van der Waals surface area contributed by atoms with Gasteiger partial charge in [-0.05, 0) is 39.2 Å². The molecule has 0 amide bonds. The third kappa shape index (κ3) is 6.30. The van der Waals surface area contributed by atoms with Crippen molar-refractivity contribution in [2.24, 2.45) is 5.92 Å². The van der Waals surface area contributed by atoms with E-state index in [9.17, 15) is 0 Å². The quantitative estimate of drug-likeness (QED) is 0.392. The normalized spacial score (nSPS) is 12.0. The molecule has 0 aliphatic rings. The largest absolute Gasteiger partial charge is 0.490 e. The van der Waals surface area contributed by atoms with Gasteiger partial charge in [-0.2, -0.15) is 4.89 Å². The second-order valence-corrected chi connectivity index (χ2v) is 5.69. The Balaban J connectivity index is 3.08. The number of benzene rings is 1. The molecular formula is C19H32O4. The van der Waals surface area contributed by atoms with E-state index in [1.54, 1.807) is 0 Å². The first-order valence-corrected chi connectivity index (χ1v) is 8.88. The van der Waals surface area contributed by atoms with Crippen LogP contribution in [0.25, 0.3) is 0 Å². The molecule has 1 aromatic rings. The number of hydrogen-bond donors (Lipinski definition) is 0. The molecule has 0 aliphatic heterocycles. The maximum atomic E-state index is 5.79. The number of unbranched alkanes of at least 4 members (excludes halogenated alkanes) is 1. The van der Waals surface area contributed by atoms with Crippen molar-refractivity contribution < 1.29 is 19.2 Å². The van der Waals surface area contributed by atoms with Crippen LogP contribution in [0.3, 0.4) is 0 Å². The summed E-state index contributed by atoms with van der Waals surface area (Å²) < 4.78 is 11.5. The fourth-order valence-corrected chi connectivity index (χ4v) is 2.54. The second-order valence-electron chi connectivity index (χ2n) is 5.69. The van der Waals surface area contributed by atoms with Gasteiger partial charge >= 0.3 is 0 Å². The predicted octanol–water partition coefficient (Wildman–Crippen LogP) is 5.18. The lowest BCUT2D eigenvalue weighted by atomic mass is 9.95. The van der Waals surface area contributed by atoms with E-state index >= 15 is 0 Å². The first kappa shape index (κ1) is 19.6. The summed E-state index contributed by atoms with van der Waals surface area (Å²) in [5.41, 5.74) is 1.11. The van der Waals surface area contributed by atoms with Crippen molar-refractivity contribution >= 4 is 0 Å². The van der Waals surface area contributed by atoms with Gasteiger partial charge < -0.3 is 14.4 Å². The standard InChI is InChI=1S/C19H32O4/c1-6-10-11-15(5)14-16-12-13-17(20-7-2)19(21-8-3)18(16)23-22-9-4/h12-13,15H,6-11,14H2,1-5H3. The Morgan fingerprint density at radius 3 is 2.26 bits per heavy atom. The molecule has 1 atom stereocenters. The third-order valence-corrected chi connectivity index (χ3v) is 3.63. The van der Waals surface area contributed by atoms with E-state index in [4.69, 9.17) is 19.2 Å². The van der Waals surface area contributed by atoms with E-state index < -0.39 is 0 Å². The molecule has 4 nitrogen and oxygen atoms in total. The molecule has 0 aliphatic carbocycles. The van der Waals surface area contributed by atoms with Crippen LogP contribution >= 0.6 is 0 Å². The first-order chi connectivity index (χ1) is 11.2. The summed E-state index contributed by atoms with van der Waals surface area (Å²) in [5, 5.41) is 0. The lowest BCUT2D eigenvalue weighted by Crippen LogP contribution is -2.08. The zero-order valence-corrected chi connectivity index (χ0v) is 15.3. The summed E-state index contributed by atoms with van der Waals surface area (Å²) in [5.74, 6) is 2.59. The van der Waals surface area contributed by atoms with Crippen LogP contribution in [-0.2, 0) is 11.3 Å². The molecule has 0 aromatic heterocycles. The Hall–Kier alpha value is -1.42. The molecule has 0 saturated heterocycles. The van der Waals surface area contributed by atoms with Gasteiger partial charge in [-0.1, -0.05) is 39.2 Å². The molecule has 0 fully saturated rings. The van der Waals surface area contributed by atoms with Gasteiger partial charge in [-0.3, -0.25) is 0 Å².